The maximum atomic E-state index is 10.9. The first-order valence-corrected chi connectivity index (χ1v) is 6.22. The molecule has 0 radical (unpaired) electrons. The number of halogens is 1. The summed E-state index contributed by atoms with van der Waals surface area (Å²) >= 11 is 5.97. The number of nitrogens with one attached hydrogen (secondary N) is 1. The summed E-state index contributed by atoms with van der Waals surface area (Å²) in [5.74, 6) is 0.752. The topological polar surface area (TPSA) is 81.6 Å². The molecule has 0 saturated carbocycles. The van der Waals surface area contributed by atoms with Crippen molar-refractivity contribution in [3.63, 3.8) is 0 Å². The van der Waals surface area contributed by atoms with Crippen molar-refractivity contribution >= 4 is 29.5 Å². The number of likely N-dealkylation sites (tertiary alicyclic amines) is 1. The fraction of sp³-hybridized carbons (Fsp3) is 0.545. The second-order valence-electron chi connectivity index (χ2n) is 4.55. The van der Waals surface area contributed by atoms with E-state index in [4.69, 9.17) is 18.1 Å². The molecular weight excluding hydrogens is 270 g/mol. The van der Waals surface area contributed by atoms with Crippen molar-refractivity contribution < 1.29 is 11.3 Å². The molecule has 2 heterocycles. The minimum Gasteiger partial charge on any atom is -0.465 e. The summed E-state index contributed by atoms with van der Waals surface area (Å²) in [5.41, 5.74) is 0. The number of amides is 1. The highest BCUT2D eigenvalue weighted by Crippen LogP contribution is 2.22. The highest BCUT2D eigenvalue weighted by atomic mass is 35.5. The van der Waals surface area contributed by atoms with E-state index in [1.165, 1.54) is 4.90 Å². The van der Waals surface area contributed by atoms with Crippen LogP contribution in [0.3, 0.4) is 0 Å². The van der Waals surface area contributed by atoms with Crippen molar-refractivity contribution in [2.24, 2.45) is 0 Å². The lowest BCUT2D eigenvalue weighted by atomic mass is 10.3. The number of rotatable bonds is 3. The van der Waals surface area contributed by atoms with Crippen molar-refractivity contribution in [2.45, 2.75) is 12.5 Å². The third kappa shape index (κ3) is 3.17. The van der Waals surface area contributed by atoms with E-state index in [0.29, 0.717) is 31.3 Å². The van der Waals surface area contributed by atoms with E-state index in [1.54, 1.807) is 19.0 Å². The maximum absolute atomic E-state index is 10.9. The van der Waals surface area contributed by atoms with Gasteiger partial charge in [0.05, 0.1) is 7.54 Å². The van der Waals surface area contributed by atoms with Gasteiger partial charge in [-0.3, -0.25) is 0 Å². The van der Waals surface area contributed by atoms with Crippen molar-refractivity contribution in [2.75, 3.05) is 37.4 Å². The van der Waals surface area contributed by atoms with Gasteiger partial charge in [0.15, 0.2) is 5.82 Å². The number of aromatic nitrogens is 2. The molecule has 7 nitrogen and oxygen atoms in total. The minimum atomic E-state index is -0.929. The highest BCUT2D eigenvalue weighted by Gasteiger charge is 2.26. The zero-order valence-electron chi connectivity index (χ0n) is 11.7. The van der Waals surface area contributed by atoms with Crippen LogP contribution in [0.15, 0.2) is 6.17 Å². The number of carboxylic acid groups (broad SMARTS) is 1. The molecule has 1 aromatic rings. The molecule has 1 atom stereocenters. The molecule has 8 heteroatoms. The summed E-state index contributed by atoms with van der Waals surface area (Å²) in [4.78, 5) is 22.1. The molecule has 2 N–H and O–H groups in total. The lowest BCUT2D eigenvalue weighted by Gasteiger charge is -2.17. The van der Waals surface area contributed by atoms with Crippen LogP contribution in [0.2, 0.25) is 5.02 Å². The van der Waals surface area contributed by atoms with Crippen molar-refractivity contribution in [3.05, 3.63) is 11.2 Å². The van der Waals surface area contributed by atoms with Gasteiger partial charge in [-0.15, -0.1) is 0 Å². The van der Waals surface area contributed by atoms with Crippen LogP contribution in [-0.2, 0) is 0 Å². The fourth-order valence-electron chi connectivity index (χ4n) is 1.92. The molecule has 0 aromatic carbocycles. The predicted octanol–water partition coefficient (Wildman–Crippen LogP) is 1.36. The van der Waals surface area contributed by atoms with Crippen LogP contribution < -0.4 is 10.2 Å². The molecule has 2 rings (SSSR count). The van der Waals surface area contributed by atoms with Gasteiger partial charge in [-0.05, 0) is 6.42 Å². The Labute approximate surface area is 117 Å². The Morgan fingerprint density at radius 2 is 2.47 bits per heavy atom. The molecule has 1 fully saturated rings. The van der Waals surface area contributed by atoms with E-state index in [9.17, 15) is 4.79 Å². The van der Waals surface area contributed by atoms with E-state index in [0.717, 1.165) is 0 Å². The first kappa shape index (κ1) is 12.3. The second kappa shape index (κ2) is 5.48. The third-order valence-corrected chi connectivity index (χ3v) is 3.14. The lowest BCUT2D eigenvalue weighted by Crippen LogP contribution is -2.30. The van der Waals surface area contributed by atoms with Gasteiger partial charge in [-0.25, -0.2) is 9.78 Å². The third-order valence-electron chi connectivity index (χ3n) is 2.88. The van der Waals surface area contributed by atoms with Crippen LogP contribution in [0.5, 0.6) is 0 Å². The molecule has 1 amide bonds. The summed E-state index contributed by atoms with van der Waals surface area (Å²) in [7, 11) is 3.55. The van der Waals surface area contributed by atoms with Crippen LogP contribution >= 0.6 is 11.6 Å². The van der Waals surface area contributed by atoms with Gasteiger partial charge >= 0.3 is 6.09 Å². The Balaban J connectivity index is 2.13. The molecular formula is C11H16ClN5O2. The minimum absolute atomic E-state index is 0.0540. The molecule has 1 aliphatic heterocycles. The molecule has 1 saturated heterocycles. The van der Waals surface area contributed by atoms with Gasteiger partial charge in [-0.2, -0.15) is 4.98 Å². The Morgan fingerprint density at radius 1 is 1.74 bits per heavy atom. The number of hydrogen-bond acceptors (Lipinski definition) is 5. The molecule has 19 heavy (non-hydrogen) atoms. The smallest absolute Gasteiger partial charge is 0.407 e. The van der Waals surface area contributed by atoms with Gasteiger partial charge in [0, 0.05) is 33.2 Å². The Morgan fingerprint density at radius 3 is 3.05 bits per heavy atom. The molecule has 104 valence electrons. The van der Waals surface area contributed by atoms with E-state index >= 15 is 0 Å². The molecule has 1 unspecified atom stereocenters. The summed E-state index contributed by atoms with van der Waals surface area (Å²) in [5, 5.41) is 12.2. The van der Waals surface area contributed by atoms with Gasteiger partial charge in [0.25, 0.3) is 0 Å². The SMILES string of the molecule is [2H]c1nc(NC2CCN(C(=O)O)C2)nc(N(C)C)c1Cl. The van der Waals surface area contributed by atoms with E-state index in [2.05, 4.69) is 15.3 Å². The van der Waals surface area contributed by atoms with Crippen LogP contribution in [0, 0.1) is 0 Å². The Kier molecular flexibility index (Phi) is 3.54. The lowest BCUT2D eigenvalue weighted by molar-refractivity contribution is 0.155. The summed E-state index contributed by atoms with van der Waals surface area (Å²) in [6.07, 6.45) is -0.300. The zero-order chi connectivity index (χ0) is 14.9. The molecule has 1 aliphatic rings. The van der Waals surface area contributed by atoms with Gasteiger partial charge in [-0.1, -0.05) is 11.6 Å². The highest BCUT2D eigenvalue weighted by molar-refractivity contribution is 6.32. The van der Waals surface area contributed by atoms with Gasteiger partial charge in [0.2, 0.25) is 5.95 Å². The quantitative estimate of drug-likeness (QED) is 0.873. The summed E-state index contributed by atoms with van der Waals surface area (Å²) in [6.45, 7) is 0.862. The first-order chi connectivity index (χ1) is 9.38. The van der Waals surface area contributed by atoms with Gasteiger partial charge in [0.1, 0.15) is 5.02 Å². The first-order valence-electron chi connectivity index (χ1n) is 6.34. The van der Waals surface area contributed by atoms with Gasteiger partial charge < -0.3 is 20.2 Å². The average Bonchev–Trinajstić information content (AvgIpc) is 2.81. The monoisotopic (exact) mass is 286 g/mol. The second-order valence-corrected chi connectivity index (χ2v) is 4.93. The number of hydrogen-bond donors (Lipinski definition) is 2. The van der Waals surface area contributed by atoms with E-state index in [1.807, 2.05) is 0 Å². The predicted molar refractivity (Wildman–Crippen MR) is 73.0 cm³/mol. The largest absolute Gasteiger partial charge is 0.465 e. The van der Waals surface area contributed by atoms with Crippen LogP contribution in [0.25, 0.3) is 0 Å². The van der Waals surface area contributed by atoms with Crippen molar-refractivity contribution in [1.29, 1.82) is 0 Å². The maximum Gasteiger partial charge on any atom is 0.407 e. The summed E-state index contributed by atoms with van der Waals surface area (Å²) in [6, 6.07) is -0.0540. The Hall–Kier alpha value is -1.76. The molecule has 0 aliphatic carbocycles. The normalized spacial score (nSPS) is 19.2. The average molecular weight is 287 g/mol. The molecule has 0 spiro atoms. The van der Waals surface area contributed by atoms with Crippen LogP contribution in [0.4, 0.5) is 16.6 Å². The number of carbonyl (C=O) groups is 1. The summed E-state index contributed by atoms with van der Waals surface area (Å²) < 4.78 is 7.72. The molecule has 1 aromatic heterocycles. The Bertz CT molecular complexity index is 528. The van der Waals surface area contributed by atoms with Crippen molar-refractivity contribution in [1.82, 2.24) is 14.9 Å². The zero-order valence-corrected chi connectivity index (χ0v) is 11.5. The number of nitrogens with zero attached hydrogens (tertiary/aromatic N) is 4. The van der Waals surface area contributed by atoms with Crippen LogP contribution in [-0.4, -0.2) is 59.3 Å². The van der Waals surface area contributed by atoms with Crippen LogP contribution in [0.1, 0.15) is 7.79 Å². The van der Waals surface area contributed by atoms with Crippen molar-refractivity contribution in [3.8, 4) is 0 Å². The van der Waals surface area contributed by atoms with E-state index in [-0.39, 0.29) is 17.2 Å². The number of anilines is 2. The van der Waals surface area contributed by atoms with E-state index < -0.39 is 6.09 Å². The fourth-order valence-corrected chi connectivity index (χ4v) is 2.18. The molecule has 0 bridgehead atoms. The standard InChI is InChI=1S/C11H16ClN5O2/c1-16(2)9-8(12)5-13-10(15-9)14-7-3-4-17(6-7)11(18)19/h5,7H,3-4,6H2,1-2H3,(H,18,19)(H,13,14,15)/i5D.